The lowest BCUT2D eigenvalue weighted by atomic mass is 10.1. The van der Waals surface area contributed by atoms with Gasteiger partial charge in [-0.15, -0.1) is 0 Å². The van der Waals surface area contributed by atoms with Crippen molar-refractivity contribution in [2.24, 2.45) is 0 Å². The molecule has 112 valence electrons. The van der Waals surface area contributed by atoms with Gasteiger partial charge in [0.1, 0.15) is 12.4 Å². The molecule has 1 atom stereocenters. The number of halogens is 3. The van der Waals surface area contributed by atoms with Crippen LogP contribution < -0.4 is 0 Å². The second kappa shape index (κ2) is 7.61. The van der Waals surface area contributed by atoms with E-state index < -0.39 is 13.0 Å². The van der Waals surface area contributed by atoms with Crippen molar-refractivity contribution in [1.29, 1.82) is 0 Å². The van der Waals surface area contributed by atoms with E-state index in [-0.39, 0.29) is 18.5 Å². The van der Waals surface area contributed by atoms with E-state index in [0.29, 0.717) is 31.8 Å². The molecule has 3 nitrogen and oxygen atoms in total. The zero-order chi connectivity index (χ0) is 14.4. The van der Waals surface area contributed by atoms with E-state index >= 15 is 0 Å². The zero-order valence-corrected chi connectivity index (χ0v) is 11.1. The fraction of sp³-hybridized carbons (Fsp3) is 0.571. The first-order valence-electron chi connectivity index (χ1n) is 6.61. The van der Waals surface area contributed by atoms with Crippen molar-refractivity contribution in [2.45, 2.75) is 12.5 Å². The summed E-state index contributed by atoms with van der Waals surface area (Å²) in [6, 6.07) is 6.52. The van der Waals surface area contributed by atoms with E-state index in [1.165, 1.54) is 6.07 Å². The van der Waals surface area contributed by atoms with E-state index in [2.05, 4.69) is 0 Å². The summed E-state index contributed by atoms with van der Waals surface area (Å²) >= 11 is 0. The van der Waals surface area contributed by atoms with Crippen LogP contribution in [0.5, 0.6) is 0 Å². The maximum absolute atomic E-state index is 13.7. The third-order valence-electron chi connectivity index (χ3n) is 3.20. The third-order valence-corrected chi connectivity index (χ3v) is 3.20. The highest BCUT2D eigenvalue weighted by atomic mass is 19.3. The van der Waals surface area contributed by atoms with Crippen molar-refractivity contribution in [3.05, 3.63) is 35.6 Å². The van der Waals surface area contributed by atoms with Gasteiger partial charge in [0, 0.05) is 25.2 Å². The average Bonchev–Trinajstić information content (AvgIpc) is 2.44. The third kappa shape index (κ3) is 4.47. The second-order valence-corrected chi connectivity index (χ2v) is 4.65. The summed E-state index contributed by atoms with van der Waals surface area (Å²) in [5.74, 6) is -0.284. The number of morpholine rings is 1. The fourth-order valence-corrected chi connectivity index (χ4v) is 2.20. The molecule has 0 spiro atoms. The number of ether oxygens (including phenoxy) is 2. The lowest BCUT2D eigenvalue weighted by Crippen LogP contribution is -2.40. The van der Waals surface area contributed by atoms with Crippen LogP contribution in [0.25, 0.3) is 0 Å². The monoisotopic (exact) mass is 289 g/mol. The maximum atomic E-state index is 13.7. The smallest absolute Gasteiger partial charge is 0.261 e. The van der Waals surface area contributed by atoms with Gasteiger partial charge in [0.15, 0.2) is 0 Å². The van der Waals surface area contributed by atoms with Crippen molar-refractivity contribution in [2.75, 3.05) is 39.5 Å². The summed E-state index contributed by atoms with van der Waals surface area (Å²) in [6.45, 7) is 1.98. The number of rotatable bonds is 6. The van der Waals surface area contributed by atoms with Crippen LogP contribution in [0.1, 0.15) is 11.7 Å². The first-order valence-corrected chi connectivity index (χ1v) is 6.61. The minimum atomic E-state index is -2.44. The van der Waals surface area contributed by atoms with Crippen molar-refractivity contribution in [1.82, 2.24) is 4.90 Å². The molecule has 0 N–H and O–H groups in total. The van der Waals surface area contributed by atoms with E-state index in [0.717, 1.165) is 0 Å². The normalized spacial score (nSPS) is 20.5. The van der Waals surface area contributed by atoms with Crippen LogP contribution >= 0.6 is 0 Å². The summed E-state index contributed by atoms with van der Waals surface area (Å²) in [6.07, 6.45) is -2.76. The molecule has 0 bridgehead atoms. The molecule has 1 aromatic carbocycles. The summed E-state index contributed by atoms with van der Waals surface area (Å²) in [7, 11) is 0. The molecule has 20 heavy (non-hydrogen) atoms. The minimum Gasteiger partial charge on any atom is -0.374 e. The van der Waals surface area contributed by atoms with Crippen molar-refractivity contribution in [3.63, 3.8) is 0 Å². The zero-order valence-electron chi connectivity index (χ0n) is 11.1. The Kier molecular flexibility index (Phi) is 5.82. The number of alkyl halides is 2. The van der Waals surface area contributed by atoms with Crippen LogP contribution in [0.4, 0.5) is 13.2 Å². The van der Waals surface area contributed by atoms with Gasteiger partial charge in [0.25, 0.3) is 6.43 Å². The quantitative estimate of drug-likeness (QED) is 0.751. The van der Waals surface area contributed by atoms with Crippen LogP contribution in [0, 0.1) is 5.82 Å². The molecule has 0 aromatic heterocycles. The van der Waals surface area contributed by atoms with E-state index in [1.54, 1.807) is 18.2 Å². The molecular weight excluding hydrogens is 271 g/mol. The first-order chi connectivity index (χ1) is 9.66. The minimum absolute atomic E-state index is 0.244. The molecule has 1 unspecified atom stereocenters. The number of nitrogens with zero attached hydrogens (tertiary/aromatic N) is 1. The predicted octanol–water partition coefficient (Wildman–Crippen LogP) is 2.48. The van der Waals surface area contributed by atoms with Crippen molar-refractivity contribution < 1.29 is 22.6 Å². The fourth-order valence-electron chi connectivity index (χ4n) is 2.20. The SMILES string of the molecule is Fc1ccccc1C1CN(CCOCC(F)F)CCO1. The molecule has 6 heteroatoms. The Labute approximate surface area is 116 Å². The van der Waals surface area contributed by atoms with Crippen LogP contribution in [0.3, 0.4) is 0 Å². The maximum Gasteiger partial charge on any atom is 0.261 e. The predicted molar refractivity (Wildman–Crippen MR) is 68.4 cm³/mol. The Balaban J connectivity index is 1.81. The summed E-state index contributed by atoms with van der Waals surface area (Å²) in [5.41, 5.74) is 0.533. The molecule has 2 rings (SSSR count). The van der Waals surface area contributed by atoms with Gasteiger partial charge in [-0.3, -0.25) is 4.90 Å². The van der Waals surface area contributed by atoms with Crippen molar-refractivity contribution >= 4 is 0 Å². The van der Waals surface area contributed by atoms with Gasteiger partial charge in [0.05, 0.1) is 19.3 Å². The molecule has 0 saturated carbocycles. The van der Waals surface area contributed by atoms with Gasteiger partial charge >= 0.3 is 0 Å². The molecule has 1 aliphatic rings. The molecule has 1 aliphatic heterocycles. The Hall–Kier alpha value is -1.11. The molecule has 1 aromatic rings. The molecule has 1 saturated heterocycles. The lowest BCUT2D eigenvalue weighted by molar-refractivity contribution is -0.0456. The first kappa shape index (κ1) is 15.3. The Morgan fingerprint density at radius 2 is 2.15 bits per heavy atom. The summed E-state index contributed by atoms with van der Waals surface area (Å²) < 4.78 is 48.0. The highest BCUT2D eigenvalue weighted by molar-refractivity contribution is 5.20. The average molecular weight is 289 g/mol. The highest BCUT2D eigenvalue weighted by Crippen LogP contribution is 2.24. The van der Waals surface area contributed by atoms with Crippen LogP contribution in [0.2, 0.25) is 0 Å². The van der Waals surface area contributed by atoms with Crippen LogP contribution in [-0.2, 0) is 9.47 Å². The largest absolute Gasteiger partial charge is 0.374 e. The second-order valence-electron chi connectivity index (χ2n) is 4.65. The summed E-state index contributed by atoms with van der Waals surface area (Å²) in [4.78, 5) is 2.03. The number of hydrogen-bond donors (Lipinski definition) is 0. The molecule has 1 fully saturated rings. The van der Waals surface area contributed by atoms with E-state index in [9.17, 15) is 13.2 Å². The van der Waals surface area contributed by atoms with Gasteiger partial charge in [-0.2, -0.15) is 0 Å². The summed E-state index contributed by atoms with van der Waals surface area (Å²) in [5, 5.41) is 0. The van der Waals surface area contributed by atoms with Crippen LogP contribution in [0.15, 0.2) is 24.3 Å². The van der Waals surface area contributed by atoms with Crippen LogP contribution in [-0.4, -0.2) is 50.8 Å². The van der Waals surface area contributed by atoms with Gasteiger partial charge in [-0.1, -0.05) is 18.2 Å². The van der Waals surface area contributed by atoms with Gasteiger partial charge in [-0.05, 0) is 6.07 Å². The Bertz CT molecular complexity index is 417. The topological polar surface area (TPSA) is 21.7 Å². The van der Waals surface area contributed by atoms with Gasteiger partial charge in [-0.25, -0.2) is 13.2 Å². The lowest BCUT2D eigenvalue weighted by Gasteiger charge is -2.33. The standard InChI is InChI=1S/C14H18F3NO2/c15-12-4-2-1-3-11(12)13-9-18(6-8-20-13)5-7-19-10-14(16)17/h1-4,13-14H,5-10H2. The van der Waals surface area contributed by atoms with E-state index in [1.807, 2.05) is 4.90 Å². The number of hydrogen-bond acceptors (Lipinski definition) is 3. The molecule has 0 amide bonds. The van der Waals surface area contributed by atoms with Gasteiger partial charge in [0.2, 0.25) is 0 Å². The molecule has 0 radical (unpaired) electrons. The van der Waals surface area contributed by atoms with Gasteiger partial charge < -0.3 is 9.47 Å². The Morgan fingerprint density at radius 1 is 1.35 bits per heavy atom. The number of benzene rings is 1. The molecule has 0 aliphatic carbocycles. The van der Waals surface area contributed by atoms with E-state index in [4.69, 9.17) is 9.47 Å². The molecule has 1 heterocycles. The molecular formula is C14H18F3NO2. The Morgan fingerprint density at radius 3 is 2.90 bits per heavy atom. The van der Waals surface area contributed by atoms with Crippen molar-refractivity contribution in [3.8, 4) is 0 Å². The highest BCUT2D eigenvalue weighted by Gasteiger charge is 2.23.